The standard InChI is InChI=1S/C14H14ClN3O2/c15-11-5-7(16)1-3-9(11)14-17-13(18-20-14)10-6-8-2-4-12(10)19-8/h1,3,5,8,10,12H,2,4,6,16H2. The zero-order chi connectivity index (χ0) is 13.7. The van der Waals surface area contributed by atoms with Gasteiger partial charge in [0.15, 0.2) is 5.82 Å². The number of benzene rings is 1. The predicted molar refractivity (Wildman–Crippen MR) is 74.4 cm³/mol. The topological polar surface area (TPSA) is 74.2 Å². The summed E-state index contributed by atoms with van der Waals surface area (Å²) in [6, 6.07) is 5.25. The van der Waals surface area contributed by atoms with Crippen molar-refractivity contribution in [2.45, 2.75) is 37.4 Å². The summed E-state index contributed by atoms with van der Waals surface area (Å²) in [6.45, 7) is 0. The lowest BCUT2D eigenvalue weighted by atomic mass is 9.89. The van der Waals surface area contributed by atoms with Crippen LogP contribution in [0.3, 0.4) is 0 Å². The second kappa shape index (κ2) is 4.46. The number of nitrogen functional groups attached to an aromatic ring is 1. The monoisotopic (exact) mass is 291 g/mol. The van der Waals surface area contributed by atoms with Gasteiger partial charge in [0.25, 0.3) is 5.89 Å². The number of aromatic nitrogens is 2. The van der Waals surface area contributed by atoms with Crippen molar-refractivity contribution in [2.75, 3.05) is 5.73 Å². The van der Waals surface area contributed by atoms with Gasteiger partial charge < -0.3 is 15.0 Å². The van der Waals surface area contributed by atoms with Crippen LogP contribution in [0.15, 0.2) is 22.7 Å². The van der Waals surface area contributed by atoms with Crippen molar-refractivity contribution in [2.24, 2.45) is 0 Å². The van der Waals surface area contributed by atoms with Crippen LogP contribution in [0.4, 0.5) is 5.69 Å². The van der Waals surface area contributed by atoms with E-state index in [0.29, 0.717) is 28.3 Å². The van der Waals surface area contributed by atoms with Crippen LogP contribution in [-0.2, 0) is 4.74 Å². The smallest absolute Gasteiger partial charge is 0.259 e. The molecular weight excluding hydrogens is 278 g/mol. The zero-order valence-corrected chi connectivity index (χ0v) is 11.5. The Labute approximate surface area is 121 Å². The van der Waals surface area contributed by atoms with Gasteiger partial charge >= 0.3 is 0 Å². The number of nitrogens with zero attached hydrogens (tertiary/aromatic N) is 2. The Morgan fingerprint density at radius 2 is 2.20 bits per heavy atom. The summed E-state index contributed by atoms with van der Waals surface area (Å²) in [7, 11) is 0. The Balaban J connectivity index is 1.65. The van der Waals surface area contributed by atoms with Gasteiger partial charge in [-0.15, -0.1) is 0 Å². The molecule has 2 saturated heterocycles. The molecule has 2 bridgehead atoms. The highest BCUT2D eigenvalue weighted by atomic mass is 35.5. The molecule has 2 N–H and O–H groups in total. The molecule has 20 heavy (non-hydrogen) atoms. The Kier molecular flexibility index (Phi) is 2.72. The molecule has 1 aromatic heterocycles. The minimum absolute atomic E-state index is 0.243. The summed E-state index contributed by atoms with van der Waals surface area (Å²) in [5.74, 6) is 1.41. The molecule has 0 spiro atoms. The second-order valence-corrected chi connectivity index (χ2v) is 5.82. The van der Waals surface area contributed by atoms with Gasteiger partial charge in [-0.25, -0.2) is 0 Å². The first kappa shape index (κ1) is 12.2. The van der Waals surface area contributed by atoms with Gasteiger partial charge in [0.2, 0.25) is 0 Å². The summed E-state index contributed by atoms with van der Waals surface area (Å²) in [5, 5.41) is 4.62. The number of halogens is 1. The lowest BCUT2D eigenvalue weighted by Crippen LogP contribution is -2.15. The molecule has 0 radical (unpaired) electrons. The molecule has 3 unspecified atom stereocenters. The summed E-state index contributed by atoms with van der Waals surface area (Å²) in [5.41, 5.74) is 7.01. The largest absolute Gasteiger partial charge is 0.399 e. The number of hydrogen-bond donors (Lipinski definition) is 1. The maximum absolute atomic E-state index is 6.16. The summed E-state index contributed by atoms with van der Waals surface area (Å²) >= 11 is 6.16. The highest BCUT2D eigenvalue weighted by Gasteiger charge is 2.43. The predicted octanol–water partition coefficient (Wildman–Crippen LogP) is 3.01. The average molecular weight is 292 g/mol. The lowest BCUT2D eigenvalue weighted by molar-refractivity contribution is 0.0996. The van der Waals surface area contributed by atoms with E-state index in [2.05, 4.69) is 10.1 Å². The van der Waals surface area contributed by atoms with E-state index < -0.39 is 0 Å². The van der Waals surface area contributed by atoms with E-state index in [0.717, 1.165) is 25.1 Å². The molecule has 0 saturated carbocycles. The van der Waals surface area contributed by atoms with Gasteiger partial charge in [0.05, 0.1) is 28.7 Å². The molecule has 6 heteroatoms. The van der Waals surface area contributed by atoms with Gasteiger partial charge in [-0.05, 0) is 37.5 Å². The third-order valence-corrected chi connectivity index (χ3v) is 4.42. The molecule has 0 amide bonds. The molecule has 2 aliphatic heterocycles. The molecule has 2 aliphatic rings. The number of ether oxygens (including phenoxy) is 1. The van der Waals surface area contributed by atoms with Crippen LogP contribution in [0.1, 0.15) is 31.0 Å². The van der Waals surface area contributed by atoms with E-state index in [1.807, 2.05) is 0 Å². The van der Waals surface area contributed by atoms with E-state index in [1.165, 1.54) is 0 Å². The number of nitrogens with two attached hydrogens (primary N) is 1. The molecule has 0 aliphatic carbocycles. The minimum atomic E-state index is 0.243. The van der Waals surface area contributed by atoms with Gasteiger partial charge in [-0.1, -0.05) is 16.8 Å². The van der Waals surface area contributed by atoms with Crippen LogP contribution in [-0.4, -0.2) is 22.3 Å². The summed E-state index contributed by atoms with van der Waals surface area (Å²) < 4.78 is 11.2. The van der Waals surface area contributed by atoms with Crippen molar-refractivity contribution in [3.63, 3.8) is 0 Å². The van der Waals surface area contributed by atoms with Crippen molar-refractivity contribution in [1.29, 1.82) is 0 Å². The summed E-state index contributed by atoms with van der Waals surface area (Å²) in [6.07, 6.45) is 3.83. The maximum atomic E-state index is 6.16. The lowest BCUT2D eigenvalue weighted by Gasteiger charge is -2.13. The van der Waals surface area contributed by atoms with Crippen LogP contribution in [0, 0.1) is 0 Å². The first-order valence-electron chi connectivity index (χ1n) is 6.75. The van der Waals surface area contributed by atoms with Crippen LogP contribution in [0.25, 0.3) is 11.5 Å². The maximum Gasteiger partial charge on any atom is 0.259 e. The first-order chi connectivity index (χ1) is 9.70. The van der Waals surface area contributed by atoms with E-state index in [4.69, 9.17) is 26.6 Å². The normalized spacial score (nSPS) is 28.1. The van der Waals surface area contributed by atoms with E-state index >= 15 is 0 Å². The van der Waals surface area contributed by atoms with Crippen LogP contribution in [0.2, 0.25) is 5.02 Å². The second-order valence-electron chi connectivity index (χ2n) is 5.41. The number of hydrogen-bond acceptors (Lipinski definition) is 5. The highest BCUT2D eigenvalue weighted by Crippen LogP contribution is 2.44. The van der Waals surface area contributed by atoms with Crippen molar-refractivity contribution in [3.8, 4) is 11.5 Å². The Morgan fingerprint density at radius 3 is 2.90 bits per heavy atom. The molecular formula is C14H14ClN3O2. The third-order valence-electron chi connectivity index (χ3n) is 4.10. The molecule has 5 nitrogen and oxygen atoms in total. The van der Waals surface area contributed by atoms with Crippen molar-refractivity contribution in [1.82, 2.24) is 10.1 Å². The van der Waals surface area contributed by atoms with Crippen LogP contribution in [0.5, 0.6) is 0 Å². The first-order valence-corrected chi connectivity index (χ1v) is 7.13. The molecule has 3 heterocycles. The average Bonchev–Trinajstić information content (AvgIpc) is 3.14. The van der Waals surface area contributed by atoms with E-state index in [9.17, 15) is 0 Å². The Bertz CT molecular complexity index is 658. The van der Waals surface area contributed by atoms with E-state index in [-0.39, 0.29) is 12.0 Å². The Morgan fingerprint density at radius 1 is 1.30 bits per heavy atom. The molecule has 2 fully saturated rings. The highest BCUT2D eigenvalue weighted by molar-refractivity contribution is 6.33. The fraction of sp³-hybridized carbons (Fsp3) is 0.429. The fourth-order valence-electron chi connectivity index (χ4n) is 3.11. The zero-order valence-electron chi connectivity index (χ0n) is 10.8. The van der Waals surface area contributed by atoms with Gasteiger partial charge in [-0.2, -0.15) is 4.98 Å². The van der Waals surface area contributed by atoms with Gasteiger partial charge in [0.1, 0.15) is 0 Å². The number of anilines is 1. The molecule has 1 aromatic carbocycles. The summed E-state index contributed by atoms with van der Waals surface area (Å²) in [4.78, 5) is 4.49. The molecule has 4 rings (SSSR count). The van der Waals surface area contributed by atoms with Crippen molar-refractivity contribution < 1.29 is 9.26 Å². The SMILES string of the molecule is Nc1ccc(-c2nc(C3CC4CCC3O4)no2)c(Cl)c1. The van der Waals surface area contributed by atoms with Gasteiger partial charge in [-0.3, -0.25) is 0 Å². The minimum Gasteiger partial charge on any atom is -0.399 e. The number of rotatable bonds is 2. The molecule has 104 valence electrons. The van der Waals surface area contributed by atoms with Gasteiger partial charge in [0, 0.05) is 5.69 Å². The molecule has 2 aromatic rings. The Hall–Kier alpha value is -1.59. The van der Waals surface area contributed by atoms with Crippen LogP contribution >= 0.6 is 11.6 Å². The van der Waals surface area contributed by atoms with Crippen molar-refractivity contribution in [3.05, 3.63) is 29.0 Å². The van der Waals surface area contributed by atoms with E-state index in [1.54, 1.807) is 18.2 Å². The third kappa shape index (κ3) is 1.89. The quantitative estimate of drug-likeness (QED) is 0.861. The molecule has 3 atom stereocenters. The number of fused-ring (bicyclic) bond motifs is 2. The van der Waals surface area contributed by atoms with Crippen molar-refractivity contribution >= 4 is 17.3 Å². The fourth-order valence-corrected chi connectivity index (χ4v) is 3.38. The van der Waals surface area contributed by atoms with Crippen LogP contribution < -0.4 is 5.73 Å².